The van der Waals surface area contributed by atoms with E-state index in [2.05, 4.69) is 26.0 Å². The van der Waals surface area contributed by atoms with Crippen LogP contribution in [-0.4, -0.2) is 32.8 Å². The van der Waals surface area contributed by atoms with Gasteiger partial charge in [0.1, 0.15) is 6.10 Å². The van der Waals surface area contributed by atoms with Gasteiger partial charge in [-0.15, -0.1) is 12.4 Å². The first-order valence-electron chi connectivity index (χ1n) is 9.77. The van der Waals surface area contributed by atoms with Crippen molar-refractivity contribution in [2.24, 2.45) is 0 Å². The number of nitrogen functional groups attached to an aromatic ring is 1. The van der Waals surface area contributed by atoms with E-state index in [4.69, 9.17) is 15.6 Å². The lowest BCUT2D eigenvalue weighted by molar-refractivity contribution is 0.222. The lowest BCUT2D eigenvalue weighted by Crippen LogP contribution is -2.25. The number of nitrogens with one attached hydrogen (secondary N) is 1. The Morgan fingerprint density at radius 2 is 2.14 bits per heavy atom. The Morgan fingerprint density at radius 1 is 1.24 bits per heavy atom. The third kappa shape index (κ3) is 3.45. The van der Waals surface area contributed by atoms with Crippen molar-refractivity contribution in [2.45, 2.75) is 37.8 Å². The Morgan fingerprint density at radius 3 is 2.90 bits per heavy atom. The van der Waals surface area contributed by atoms with E-state index in [1.54, 1.807) is 12.4 Å². The molecule has 3 aromatic rings. The van der Waals surface area contributed by atoms with Gasteiger partial charge in [0, 0.05) is 42.2 Å². The number of pyridine rings is 2. The highest BCUT2D eigenvalue weighted by Crippen LogP contribution is 2.41. The fraction of sp³-hybridized carbons (Fsp3) is 0.381. The molecule has 2 aliphatic rings. The van der Waals surface area contributed by atoms with Crippen molar-refractivity contribution in [3.05, 3.63) is 54.1 Å². The van der Waals surface area contributed by atoms with Gasteiger partial charge in [0.2, 0.25) is 0 Å². The Balaban J connectivity index is 0.00000205. The molecule has 2 atom stereocenters. The average molecular weight is 413 g/mol. The highest BCUT2D eigenvalue weighted by atomic mass is 35.5. The molecule has 0 radical (unpaired) electrons. The molecule has 5 rings (SSSR count). The molecule has 1 saturated heterocycles. The number of nitrogens with two attached hydrogens (primary N) is 1. The number of fused-ring (bicyclic) bond motifs is 2. The van der Waals surface area contributed by atoms with Gasteiger partial charge < -0.3 is 15.8 Å². The number of aromatic nitrogens is 4. The van der Waals surface area contributed by atoms with E-state index in [1.165, 1.54) is 18.5 Å². The van der Waals surface area contributed by atoms with Crippen LogP contribution in [0.4, 0.5) is 5.82 Å². The van der Waals surface area contributed by atoms with E-state index >= 15 is 0 Å². The van der Waals surface area contributed by atoms with Crippen molar-refractivity contribution in [3.63, 3.8) is 0 Å². The summed E-state index contributed by atoms with van der Waals surface area (Å²) in [4.78, 5) is 8.70. The summed E-state index contributed by atoms with van der Waals surface area (Å²) in [5, 5.41) is 8.33. The Bertz CT molecular complexity index is 1000. The smallest absolute Gasteiger partial charge is 0.166 e. The van der Waals surface area contributed by atoms with Crippen LogP contribution in [-0.2, 0) is 12.0 Å². The van der Waals surface area contributed by atoms with Crippen molar-refractivity contribution in [2.75, 3.05) is 18.8 Å². The molecule has 29 heavy (non-hydrogen) atoms. The van der Waals surface area contributed by atoms with Crippen LogP contribution in [0.2, 0.25) is 0 Å². The molecule has 1 spiro atoms. The van der Waals surface area contributed by atoms with Crippen LogP contribution in [0, 0.1) is 0 Å². The van der Waals surface area contributed by atoms with E-state index in [0.717, 1.165) is 36.6 Å². The number of nitrogens with zero attached hydrogens (tertiary/aromatic N) is 4. The summed E-state index contributed by atoms with van der Waals surface area (Å²) >= 11 is 0. The lowest BCUT2D eigenvalue weighted by atomic mass is 9.82. The van der Waals surface area contributed by atoms with Crippen molar-refractivity contribution >= 4 is 18.2 Å². The number of anilines is 1. The highest BCUT2D eigenvalue weighted by molar-refractivity contribution is 5.85. The summed E-state index contributed by atoms with van der Waals surface area (Å²) in [7, 11) is 0. The average Bonchev–Trinajstić information content (AvgIpc) is 3.43. The number of halogens is 1. The second kappa shape index (κ2) is 7.65. The van der Waals surface area contributed by atoms with Gasteiger partial charge in [0.15, 0.2) is 11.6 Å². The van der Waals surface area contributed by atoms with Gasteiger partial charge in [-0.3, -0.25) is 9.67 Å². The largest absolute Gasteiger partial charge is 0.481 e. The van der Waals surface area contributed by atoms with Crippen LogP contribution in [0.3, 0.4) is 0 Å². The maximum absolute atomic E-state index is 6.07. The maximum atomic E-state index is 6.07. The lowest BCUT2D eigenvalue weighted by Gasteiger charge is -2.20. The minimum Gasteiger partial charge on any atom is -0.481 e. The molecule has 0 aromatic carbocycles. The van der Waals surface area contributed by atoms with Crippen LogP contribution in [0.1, 0.15) is 37.3 Å². The molecule has 0 amide bonds. The Labute approximate surface area is 176 Å². The van der Waals surface area contributed by atoms with E-state index in [-0.39, 0.29) is 23.9 Å². The molecule has 0 bridgehead atoms. The van der Waals surface area contributed by atoms with E-state index < -0.39 is 0 Å². The van der Waals surface area contributed by atoms with Gasteiger partial charge >= 0.3 is 0 Å². The summed E-state index contributed by atoms with van der Waals surface area (Å²) < 4.78 is 8.22. The van der Waals surface area contributed by atoms with Gasteiger partial charge in [0.25, 0.3) is 0 Å². The molecule has 1 fully saturated rings. The molecule has 7 nitrogen and oxygen atoms in total. The summed E-state index contributed by atoms with van der Waals surface area (Å²) in [6.07, 6.45) is 5.64. The fourth-order valence-electron chi connectivity index (χ4n) is 4.34. The van der Waals surface area contributed by atoms with Crippen molar-refractivity contribution < 1.29 is 4.74 Å². The molecule has 5 heterocycles. The van der Waals surface area contributed by atoms with Crippen molar-refractivity contribution in [3.8, 4) is 17.0 Å². The monoisotopic (exact) mass is 412 g/mol. The first kappa shape index (κ1) is 19.7. The zero-order valence-corrected chi connectivity index (χ0v) is 17.2. The third-order valence-electron chi connectivity index (χ3n) is 5.95. The van der Waals surface area contributed by atoms with Gasteiger partial charge in [-0.2, -0.15) is 5.10 Å². The maximum Gasteiger partial charge on any atom is 0.166 e. The van der Waals surface area contributed by atoms with Crippen molar-refractivity contribution in [1.82, 2.24) is 25.1 Å². The first-order chi connectivity index (χ1) is 13.6. The second-order valence-corrected chi connectivity index (χ2v) is 7.72. The van der Waals surface area contributed by atoms with Crippen LogP contribution < -0.4 is 15.8 Å². The molecule has 2 aliphatic heterocycles. The molecular weight excluding hydrogens is 388 g/mol. The zero-order valence-electron chi connectivity index (χ0n) is 16.3. The first-order valence-corrected chi connectivity index (χ1v) is 9.77. The van der Waals surface area contributed by atoms with Crippen LogP contribution in [0.5, 0.6) is 5.75 Å². The van der Waals surface area contributed by atoms with E-state index in [1.807, 2.05) is 31.2 Å². The summed E-state index contributed by atoms with van der Waals surface area (Å²) in [5.74, 6) is 0.927. The Hall–Kier alpha value is -2.64. The molecular formula is C21H25ClN6O. The molecule has 1 unspecified atom stereocenters. The summed E-state index contributed by atoms with van der Waals surface area (Å²) in [5.41, 5.74) is 10.3. The van der Waals surface area contributed by atoms with Crippen LogP contribution in [0.25, 0.3) is 11.3 Å². The molecule has 152 valence electrons. The fourth-order valence-corrected chi connectivity index (χ4v) is 4.34. The van der Waals surface area contributed by atoms with E-state index in [0.29, 0.717) is 11.6 Å². The number of hydrogen-bond acceptors (Lipinski definition) is 6. The van der Waals surface area contributed by atoms with Gasteiger partial charge in [-0.1, -0.05) is 6.07 Å². The summed E-state index contributed by atoms with van der Waals surface area (Å²) in [6.45, 7) is 5.04. The third-order valence-corrected chi connectivity index (χ3v) is 5.95. The van der Waals surface area contributed by atoms with Crippen LogP contribution in [0.15, 0.2) is 42.7 Å². The minimum absolute atomic E-state index is 0. The number of rotatable bonds is 4. The normalized spacial score (nSPS) is 21.0. The van der Waals surface area contributed by atoms with Gasteiger partial charge in [-0.25, -0.2) is 4.98 Å². The predicted octanol–water partition coefficient (Wildman–Crippen LogP) is 3.12. The molecule has 0 saturated carbocycles. The number of hydrogen-bond donors (Lipinski definition) is 2. The quantitative estimate of drug-likeness (QED) is 0.684. The Kier molecular flexibility index (Phi) is 5.19. The van der Waals surface area contributed by atoms with Gasteiger partial charge in [-0.05, 0) is 50.6 Å². The number of aryl methyl sites for hydroxylation is 1. The molecule has 8 heteroatoms. The molecule has 3 aromatic heterocycles. The van der Waals surface area contributed by atoms with Crippen molar-refractivity contribution in [1.29, 1.82) is 0 Å². The minimum atomic E-state index is -0.222. The highest BCUT2D eigenvalue weighted by Gasteiger charge is 2.42. The second-order valence-electron chi connectivity index (χ2n) is 7.72. The zero-order chi connectivity index (χ0) is 19.1. The number of ether oxygens (including phenoxy) is 1. The topological polar surface area (TPSA) is 90.9 Å². The molecule has 3 N–H and O–H groups in total. The SMILES string of the molecule is C[C@@H](Oc1cc(-c2cc3n(n2)CCC32CCNC2)cnc1N)c1ccccn1.Cl. The van der Waals surface area contributed by atoms with E-state index in [9.17, 15) is 0 Å². The summed E-state index contributed by atoms with van der Waals surface area (Å²) in [6, 6.07) is 9.91. The molecule has 0 aliphatic carbocycles. The van der Waals surface area contributed by atoms with Crippen LogP contribution >= 0.6 is 12.4 Å². The predicted molar refractivity (Wildman–Crippen MR) is 114 cm³/mol. The standard InChI is InChI=1S/C21H24N6O.ClH/c1-14(16-4-2-3-7-24-16)28-18-10-15(12-25-20(18)22)17-11-19-21(5-8-23-13-21)6-9-27(19)26-17;/h2-4,7,10-12,14,23H,5-6,8-9,13H2,1H3,(H2,22,25);1H/t14-,21?;/m1./s1. The van der Waals surface area contributed by atoms with Gasteiger partial charge in [0.05, 0.1) is 11.4 Å².